The Kier molecular flexibility index (Phi) is 6.40. The van der Waals surface area contributed by atoms with Gasteiger partial charge in [0.2, 0.25) is 5.91 Å². The molecule has 0 atom stereocenters. The number of amides is 2. The molecule has 1 aliphatic carbocycles. The van der Waals surface area contributed by atoms with Gasteiger partial charge in [0, 0.05) is 6.04 Å². The first-order valence-electron chi connectivity index (χ1n) is 7.11. The molecule has 2 amide bonds. The number of carbonyl (C=O) groups is 3. The van der Waals surface area contributed by atoms with Crippen molar-refractivity contribution >= 4 is 35.2 Å². The lowest BCUT2D eigenvalue weighted by atomic mass is 10.3. The molecule has 6 nitrogen and oxygen atoms in total. The molecule has 0 unspecified atom stereocenters. The number of halogens is 1. The number of esters is 1. The highest BCUT2D eigenvalue weighted by Crippen LogP contribution is 2.18. The van der Waals surface area contributed by atoms with Gasteiger partial charge in [-0.25, -0.2) is 4.39 Å². The third-order valence-electron chi connectivity index (χ3n) is 2.91. The number of thioether (sulfide) groups is 1. The van der Waals surface area contributed by atoms with Gasteiger partial charge in [-0.15, -0.1) is 11.8 Å². The molecule has 0 aliphatic heterocycles. The molecule has 0 spiro atoms. The maximum absolute atomic E-state index is 13.3. The molecule has 0 heterocycles. The largest absolute Gasteiger partial charge is 0.455 e. The summed E-state index contributed by atoms with van der Waals surface area (Å²) in [6.45, 7) is -0.308. The zero-order valence-electron chi connectivity index (χ0n) is 12.3. The van der Waals surface area contributed by atoms with Crippen molar-refractivity contribution in [2.45, 2.75) is 18.9 Å². The lowest BCUT2D eigenvalue weighted by molar-refractivity contribution is -0.145. The molecule has 1 fully saturated rings. The van der Waals surface area contributed by atoms with Crippen LogP contribution in [0.4, 0.5) is 10.1 Å². The van der Waals surface area contributed by atoms with E-state index in [1.807, 2.05) is 0 Å². The van der Waals surface area contributed by atoms with Crippen LogP contribution in [0.1, 0.15) is 12.8 Å². The fourth-order valence-electron chi connectivity index (χ4n) is 1.66. The number of para-hydroxylation sites is 1. The summed E-state index contributed by atoms with van der Waals surface area (Å²) in [6, 6.07) is 6.04. The zero-order chi connectivity index (χ0) is 16.7. The Labute approximate surface area is 137 Å². The zero-order valence-corrected chi connectivity index (χ0v) is 13.2. The predicted octanol–water partition coefficient (Wildman–Crippen LogP) is 1.32. The molecule has 8 heteroatoms. The number of nitrogens with one attached hydrogen (secondary N) is 2. The number of anilines is 1. The van der Waals surface area contributed by atoms with Gasteiger partial charge in [-0.3, -0.25) is 14.4 Å². The molecule has 2 rings (SSSR count). The average Bonchev–Trinajstić information content (AvgIpc) is 3.31. The number of hydrogen-bond acceptors (Lipinski definition) is 5. The fourth-order valence-corrected chi connectivity index (χ4v) is 2.27. The predicted molar refractivity (Wildman–Crippen MR) is 84.5 cm³/mol. The van der Waals surface area contributed by atoms with Crippen LogP contribution in [0.2, 0.25) is 0 Å². The quantitative estimate of drug-likeness (QED) is 0.697. The summed E-state index contributed by atoms with van der Waals surface area (Å²) in [6.07, 6.45) is 1.93. The molecular formula is C15H17FN2O4S. The van der Waals surface area contributed by atoms with E-state index in [0.29, 0.717) is 0 Å². The number of benzene rings is 1. The lowest BCUT2D eigenvalue weighted by Gasteiger charge is -2.07. The van der Waals surface area contributed by atoms with E-state index in [9.17, 15) is 18.8 Å². The van der Waals surface area contributed by atoms with E-state index < -0.39 is 17.7 Å². The summed E-state index contributed by atoms with van der Waals surface area (Å²) in [5, 5.41) is 5.11. The van der Waals surface area contributed by atoms with Gasteiger partial charge in [-0.1, -0.05) is 12.1 Å². The molecule has 0 bridgehead atoms. The highest BCUT2D eigenvalue weighted by atomic mass is 32.2. The Morgan fingerprint density at radius 1 is 1.17 bits per heavy atom. The normalized spacial score (nSPS) is 13.3. The van der Waals surface area contributed by atoms with Gasteiger partial charge in [0.25, 0.3) is 5.91 Å². The van der Waals surface area contributed by atoms with Crippen molar-refractivity contribution in [3.8, 4) is 0 Å². The van der Waals surface area contributed by atoms with Crippen LogP contribution in [0.5, 0.6) is 0 Å². The third kappa shape index (κ3) is 6.68. The standard InChI is InChI=1S/C15H17FN2O4S/c16-11-3-1-2-4-12(11)18-14(20)8-23-9-15(21)22-7-13(19)17-10-5-6-10/h1-4,10H,5-9H2,(H,17,19)(H,18,20). The highest BCUT2D eigenvalue weighted by Gasteiger charge is 2.23. The highest BCUT2D eigenvalue weighted by molar-refractivity contribution is 8.00. The average molecular weight is 340 g/mol. The molecule has 1 aromatic carbocycles. The van der Waals surface area contributed by atoms with Crippen LogP contribution in [0, 0.1) is 5.82 Å². The number of rotatable bonds is 8. The summed E-state index contributed by atoms with van der Waals surface area (Å²) in [7, 11) is 0. The van der Waals surface area contributed by atoms with Crippen molar-refractivity contribution in [2.24, 2.45) is 0 Å². The topological polar surface area (TPSA) is 84.5 Å². The molecule has 1 saturated carbocycles. The molecule has 0 saturated heterocycles. The fraction of sp³-hybridized carbons (Fsp3) is 0.400. The third-order valence-corrected chi connectivity index (χ3v) is 3.81. The van der Waals surface area contributed by atoms with Crippen LogP contribution in [0.25, 0.3) is 0 Å². The van der Waals surface area contributed by atoms with Crippen LogP contribution in [-0.4, -0.2) is 41.9 Å². The first-order valence-corrected chi connectivity index (χ1v) is 8.27. The van der Waals surface area contributed by atoms with Gasteiger partial charge in [-0.05, 0) is 25.0 Å². The van der Waals surface area contributed by atoms with E-state index in [-0.39, 0.29) is 35.7 Å². The summed E-state index contributed by atoms with van der Waals surface area (Å²) < 4.78 is 18.1. The van der Waals surface area contributed by atoms with Crippen molar-refractivity contribution in [3.05, 3.63) is 30.1 Å². The lowest BCUT2D eigenvalue weighted by Crippen LogP contribution is -2.30. The Morgan fingerprint density at radius 3 is 2.61 bits per heavy atom. The number of ether oxygens (including phenoxy) is 1. The van der Waals surface area contributed by atoms with Crippen molar-refractivity contribution in [1.82, 2.24) is 5.32 Å². The second kappa shape index (κ2) is 8.52. The van der Waals surface area contributed by atoms with Crippen molar-refractivity contribution in [2.75, 3.05) is 23.4 Å². The summed E-state index contributed by atoms with van der Waals surface area (Å²) in [4.78, 5) is 34.4. The summed E-state index contributed by atoms with van der Waals surface area (Å²) in [5.41, 5.74) is 0.0948. The molecule has 0 radical (unpaired) electrons. The first-order chi connectivity index (χ1) is 11.0. The minimum Gasteiger partial charge on any atom is -0.455 e. The Morgan fingerprint density at radius 2 is 1.91 bits per heavy atom. The number of carbonyl (C=O) groups excluding carboxylic acids is 3. The van der Waals surface area contributed by atoms with Crippen molar-refractivity contribution in [3.63, 3.8) is 0 Å². The Hall–Kier alpha value is -2.09. The number of hydrogen-bond donors (Lipinski definition) is 2. The van der Waals surface area contributed by atoms with Crippen LogP contribution < -0.4 is 10.6 Å². The maximum atomic E-state index is 13.3. The minimum atomic E-state index is -0.570. The van der Waals surface area contributed by atoms with Gasteiger partial charge >= 0.3 is 5.97 Å². The SMILES string of the molecule is O=C(CSCC(=O)OCC(=O)NC1CC1)Nc1ccccc1F. The minimum absolute atomic E-state index is 0.0162. The second-order valence-corrected chi connectivity index (χ2v) is 6.01. The molecular weight excluding hydrogens is 323 g/mol. The van der Waals surface area contributed by atoms with Gasteiger partial charge in [0.1, 0.15) is 5.82 Å². The molecule has 23 heavy (non-hydrogen) atoms. The molecule has 2 N–H and O–H groups in total. The Bertz CT molecular complexity index is 593. The second-order valence-electron chi connectivity index (χ2n) is 5.02. The first kappa shape index (κ1) is 17.3. The smallest absolute Gasteiger partial charge is 0.316 e. The molecule has 1 aromatic rings. The maximum Gasteiger partial charge on any atom is 0.316 e. The van der Waals surface area contributed by atoms with E-state index in [1.165, 1.54) is 18.2 Å². The summed E-state index contributed by atoms with van der Waals surface area (Å²) >= 11 is 1.03. The van der Waals surface area contributed by atoms with E-state index >= 15 is 0 Å². The van der Waals surface area contributed by atoms with Crippen molar-refractivity contribution in [1.29, 1.82) is 0 Å². The van der Waals surface area contributed by atoms with Gasteiger partial charge < -0.3 is 15.4 Å². The van der Waals surface area contributed by atoms with E-state index in [4.69, 9.17) is 4.74 Å². The van der Waals surface area contributed by atoms with Gasteiger partial charge in [-0.2, -0.15) is 0 Å². The monoisotopic (exact) mass is 340 g/mol. The van der Waals surface area contributed by atoms with E-state index in [0.717, 1.165) is 24.6 Å². The Balaban J connectivity index is 1.58. The summed E-state index contributed by atoms with van der Waals surface area (Å²) in [5.74, 6) is -1.90. The van der Waals surface area contributed by atoms with Gasteiger partial charge in [0.05, 0.1) is 17.2 Å². The van der Waals surface area contributed by atoms with Crippen LogP contribution in [0.15, 0.2) is 24.3 Å². The van der Waals surface area contributed by atoms with E-state index in [1.54, 1.807) is 6.07 Å². The van der Waals surface area contributed by atoms with Crippen LogP contribution >= 0.6 is 11.8 Å². The van der Waals surface area contributed by atoms with E-state index in [2.05, 4.69) is 10.6 Å². The van der Waals surface area contributed by atoms with Gasteiger partial charge in [0.15, 0.2) is 6.61 Å². The van der Waals surface area contributed by atoms with Crippen LogP contribution in [-0.2, 0) is 19.1 Å². The van der Waals surface area contributed by atoms with Crippen molar-refractivity contribution < 1.29 is 23.5 Å². The molecule has 124 valence electrons. The molecule has 0 aromatic heterocycles. The molecule has 1 aliphatic rings. The van der Waals surface area contributed by atoms with Crippen LogP contribution in [0.3, 0.4) is 0 Å².